The molecule has 3 rings (SSSR count). The van der Waals surface area contributed by atoms with Gasteiger partial charge in [-0.25, -0.2) is 4.68 Å². The first-order valence-corrected chi connectivity index (χ1v) is 6.70. The molecule has 0 atom stereocenters. The van der Waals surface area contributed by atoms with Gasteiger partial charge in [-0.2, -0.15) is 5.10 Å². The summed E-state index contributed by atoms with van der Waals surface area (Å²) >= 11 is 3.38. The van der Waals surface area contributed by atoms with Gasteiger partial charge in [0.05, 0.1) is 11.9 Å². The number of aromatic nitrogens is 2. The zero-order valence-corrected chi connectivity index (χ0v) is 11.1. The number of nitrogens with zero attached hydrogens (tertiary/aromatic N) is 3. The van der Waals surface area contributed by atoms with Crippen LogP contribution >= 0.6 is 15.9 Å². The van der Waals surface area contributed by atoms with Crippen molar-refractivity contribution in [3.63, 3.8) is 0 Å². The van der Waals surface area contributed by atoms with E-state index in [1.54, 1.807) is 10.9 Å². The summed E-state index contributed by atoms with van der Waals surface area (Å²) in [5, 5.41) is 4.24. The Hall–Kier alpha value is -0.880. The first-order valence-electron chi connectivity index (χ1n) is 5.91. The smallest absolute Gasteiger partial charge is 0.283 e. The molecule has 1 aromatic rings. The lowest BCUT2D eigenvalue weighted by atomic mass is 10.1. The Morgan fingerprint density at radius 1 is 1.47 bits per heavy atom. The van der Waals surface area contributed by atoms with Crippen molar-refractivity contribution in [1.82, 2.24) is 9.78 Å². The lowest BCUT2D eigenvalue weighted by Gasteiger charge is -2.38. The highest BCUT2D eigenvalue weighted by atomic mass is 79.9. The van der Waals surface area contributed by atoms with Gasteiger partial charge in [0, 0.05) is 25.7 Å². The second-order valence-corrected chi connectivity index (χ2v) is 5.73. The molecule has 92 valence electrons. The van der Waals surface area contributed by atoms with E-state index >= 15 is 0 Å². The van der Waals surface area contributed by atoms with Gasteiger partial charge in [0.15, 0.2) is 0 Å². The van der Waals surface area contributed by atoms with Crippen molar-refractivity contribution in [2.75, 3.05) is 18.0 Å². The number of rotatable bonds is 3. The molecule has 0 amide bonds. The topological polar surface area (TPSA) is 64.2 Å². The Morgan fingerprint density at radius 3 is 2.76 bits per heavy atom. The van der Waals surface area contributed by atoms with Gasteiger partial charge in [-0.1, -0.05) is 0 Å². The summed E-state index contributed by atoms with van der Waals surface area (Å²) < 4.78 is 2.17. The predicted molar refractivity (Wildman–Crippen MR) is 69.1 cm³/mol. The summed E-state index contributed by atoms with van der Waals surface area (Å²) in [5.74, 6) is 0.649. The predicted octanol–water partition coefficient (Wildman–Crippen LogP) is 0.563. The normalized spacial score (nSPS) is 20.5. The molecular weight excluding hydrogens is 284 g/mol. The van der Waals surface area contributed by atoms with Gasteiger partial charge in [0.2, 0.25) is 0 Å². The lowest BCUT2D eigenvalue weighted by Crippen LogP contribution is -2.56. The summed E-state index contributed by atoms with van der Waals surface area (Å²) in [4.78, 5) is 14.1. The van der Waals surface area contributed by atoms with Crippen LogP contribution in [0.4, 0.5) is 5.69 Å². The van der Waals surface area contributed by atoms with Crippen LogP contribution in [0.1, 0.15) is 12.8 Å². The quantitative estimate of drug-likeness (QED) is 0.886. The number of halogens is 1. The summed E-state index contributed by atoms with van der Waals surface area (Å²) in [6.45, 7) is 2.34. The van der Waals surface area contributed by atoms with E-state index in [2.05, 4.69) is 25.9 Å². The zero-order chi connectivity index (χ0) is 12.0. The van der Waals surface area contributed by atoms with Gasteiger partial charge in [0.1, 0.15) is 4.47 Å². The van der Waals surface area contributed by atoms with Gasteiger partial charge >= 0.3 is 0 Å². The van der Waals surface area contributed by atoms with Gasteiger partial charge in [-0.15, -0.1) is 0 Å². The maximum atomic E-state index is 12.1. The molecule has 0 radical (unpaired) electrons. The van der Waals surface area contributed by atoms with Crippen molar-refractivity contribution in [3.8, 4) is 0 Å². The van der Waals surface area contributed by atoms with E-state index in [4.69, 9.17) is 5.73 Å². The molecule has 0 aromatic carbocycles. The molecule has 17 heavy (non-hydrogen) atoms. The third-order valence-corrected chi connectivity index (χ3v) is 4.09. The molecule has 1 saturated heterocycles. The van der Waals surface area contributed by atoms with E-state index in [-0.39, 0.29) is 11.6 Å². The molecule has 1 aliphatic carbocycles. The SMILES string of the molecule is NC1CN(c2cnn(CC3CC3)c(=O)c2Br)C1. The second kappa shape index (κ2) is 4.10. The van der Waals surface area contributed by atoms with Crippen LogP contribution in [0, 0.1) is 5.92 Å². The van der Waals surface area contributed by atoms with Crippen molar-refractivity contribution < 1.29 is 0 Å². The molecule has 1 aromatic heterocycles. The Bertz CT molecular complexity index is 491. The Morgan fingerprint density at radius 2 is 2.18 bits per heavy atom. The largest absolute Gasteiger partial charge is 0.366 e. The number of hydrogen-bond donors (Lipinski definition) is 1. The fraction of sp³-hybridized carbons (Fsp3) is 0.636. The monoisotopic (exact) mass is 298 g/mol. The minimum Gasteiger partial charge on any atom is -0.366 e. The van der Waals surface area contributed by atoms with Crippen LogP contribution in [0.25, 0.3) is 0 Å². The van der Waals surface area contributed by atoms with Crippen molar-refractivity contribution >= 4 is 21.6 Å². The Kier molecular flexibility index (Phi) is 2.71. The molecule has 1 aliphatic heterocycles. The van der Waals surface area contributed by atoms with Crippen LogP contribution in [-0.2, 0) is 6.54 Å². The standard InChI is InChI=1S/C11H15BrN4O/c12-10-9(15-5-8(13)6-15)3-14-16(11(10)17)4-7-1-2-7/h3,7-8H,1-2,4-6,13H2. The summed E-state index contributed by atoms with van der Waals surface area (Å²) in [5.41, 5.74) is 6.57. The molecule has 2 heterocycles. The van der Waals surface area contributed by atoms with E-state index < -0.39 is 0 Å². The average Bonchev–Trinajstić information content (AvgIpc) is 3.06. The summed E-state index contributed by atoms with van der Waals surface area (Å²) in [6, 6.07) is 0.218. The highest BCUT2D eigenvalue weighted by molar-refractivity contribution is 9.10. The van der Waals surface area contributed by atoms with E-state index in [1.807, 2.05) is 0 Å². The average molecular weight is 299 g/mol. The molecule has 2 aliphatic rings. The summed E-state index contributed by atoms with van der Waals surface area (Å²) in [6.07, 6.45) is 4.20. The Labute approximate surface area is 108 Å². The maximum Gasteiger partial charge on any atom is 0.283 e. The van der Waals surface area contributed by atoms with Crippen LogP contribution < -0.4 is 16.2 Å². The lowest BCUT2D eigenvalue weighted by molar-refractivity contribution is 0.504. The molecular formula is C11H15BrN4O. The highest BCUT2D eigenvalue weighted by Gasteiger charge is 2.27. The van der Waals surface area contributed by atoms with Crippen LogP contribution in [0.3, 0.4) is 0 Å². The van der Waals surface area contributed by atoms with Crippen molar-refractivity contribution in [2.24, 2.45) is 11.7 Å². The molecule has 0 spiro atoms. The zero-order valence-electron chi connectivity index (χ0n) is 9.47. The molecule has 0 unspecified atom stereocenters. The fourth-order valence-electron chi connectivity index (χ4n) is 2.06. The first kappa shape index (κ1) is 11.2. The Balaban J connectivity index is 1.86. The molecule has 2 N–H and O–H groups in total. The van der Waals surface area contributed by atoms with E-state index in [1.165, 1.54) is 12.8 Å². The molecule has 5 nitrogen and oxygen atoms in total. The van der Waals surface area contributed by atoms with Crippen LogP contribution in [0.2, 0.25) is 0 Å². The van der Waals surface area contributed by atoms with Crippen LogP contribution in [-0.4, -0.2) is 28.9 Å². The van der Waals surface area contributed by atoms with E-state index in [0.29, 0.717) is 10.4 Å². The van der Waals surface area contributed by atoms with Gasteiger partial charge in [-0.3, -0.25) is 4.79 Å². The number of nitrogens with two attached hydrogens (primary N) is 1. The number of hydrogen-bond acceptors (Lipinski definition) is 4. The fourth-order valence-corrected chi connectivity index (χ4v) is 2.62. The number of anilines is 1. The van der Waals surface area contributed by atoms with Crippen LogP contribution in [0.15, 0.2) is 15.5 Å². The van der Waals surface area contributed by atoms with Gasteiger partial charge in [-0.05, 0) is 34.7 Å². The highest BCUT2D eigenvalue weighted by Crippen LogP contribution is 2.30. The molecule has 2 fully saturated rings. The molecule has 1 saturated carbocycles. The minimum atomic E-state index is -0.0325. The van der Waals surface area contributed by atoms with Gasteiger partial charge in [0.25, 0.3) is 5.56 Å². The van der Waals surface area contributed by atoms with Crippen LogP contribution in [0.5, 0.6) is 0 Å². The molecule has 0 bridgehead atoms. The van der Waals surface area contributed by atoms with Gasteiger partial charge < -0.3 is 10.6 Å². The van der Waals surface area contributed by atoms with Crippen molar-refractivity contribution in [1.29, 1.82) is 0 Å². The molecule has 6 heteroatoms. The van der Waals surface area contributed by atoms with E-state index in [9.17, 15) is 4.79 Å². The van der Waals surface area contributed by atoms with E-state index in [0.717, 1.165) is 25.3 Å². The van der Waals surface area contributed by atoms with Crippen molar-refractivity contribution in [3.05, 3.63) is 21.0 Å². The third-order valence-electron chi connectivity index (χ3n) is 3.35. The maximum absolute atomic E-state index is 12.1. The second-order valence-electron chi connectivity index (χ2n) is 4.94. The summed E-state index contributed by atoms with van der Waals surface area (Å²) in [7, 11) is 0. The first-order chi connectivity index (χ1) is 8.15. The van der Waals surface area contributed by atoms with Crippen molar-refractivity contribution in [2.45, 2.75) is 25.4 Å². The third kappa shape index (κ3) is 2.11. The minimum absolute atomic E-state index is 0.0325.